The number of aliphatic hydroxyl groups is 1. The molecule has 3 N–H and O–H groups in total. The van der Waals surface area contributed by atoms with E-state index in [4.69, 9.17) is 0 Å². The number of carbonyl (C=O) groups excluding carboxylic acids is 4. The molecular formula is C32H34N6O5. The Balaban J connectivity index is 0.977. The molecule has 11 heteroatoms. The summed E-state index contributed by atoms with van der Waals surface area (Å²) < 4.78 is 1.97. The molecule has 0 radical (unpaired) electrons. The first-order valence-corrected chi connectivity index (χ1v) is 14.9. The number of aliphatic hydroxyl groups excluding tert-OH is 1. The smallest absolute Gasteiger partial charge is 0.257 e. The van der Waals surface area contributed by atoms with Crippen LogP contribution in [-0.4, -0.2) is 67.4 Å². The lowest BCUT2D eigenvalue weighted by Crippen LogP contribution is -2.53. The fraction of sp³-hybridized carbons (Fsp3) is 0.406. The number of fused-ring (bicyclic) bond motifs is 1. The van der Waals surface area contributed by atoms with Crippen LogP contribution in [0.5, 0.6) is 0 Å². The molecule has 4 heterocycles. The van der Waals surface area contributed by atoms with Crippen LogP contribution in [0.15, 0.2) is 60.9 Å². The van der Waals surface area contributed by atoms with Crippen LogP contribution >= 0.6 is 0 Å². The maximum atomic E-state index is 13.4. The molecule has 1 aromatic heterocycles. The van der Waals surface area contributed by atoms with Gasteiger partial charge in [0.25, 0.3) is 5.91 Å². The normalized spacial score (nSPS) is 23.2. The number of imide groups is 1. The molecule has 2 atom stereocenters. The average molecular weight is 583 g/mol. The van der Waals surface area contributed by atoms with Crippen LogP contribution in [0.1, 0.15) is 77.8 Å². The van der Waals surface area contributed by atoms with E-state index in [1.165, 1.54) is 0 Å². The fourth-order valence-corrected chi connectivity index (χ4v) is 6.84. The molecule has 0 bridgehead atoms. The van der Waals surface area contributed by atoms with Gasteiger partial charge in [-0.1, -0.05) is 36.4 Å². The van der Waals surface area contributed by atoms with Crippen LogP contribution in [-0.2, 0) is 26.3 Å². The highest BCUT2D eigenvalue weighted by Gasteiger charge is 2.53. The highest BCUT2D eigenvalue weighted by atomic mass is 16.3. The number of piperidine rings is 2. The van der Waals surface area contributed by atoms with Gasteiger partial charge < -0.3 is 15.3 Å². The summed E-state index contributed by atoms with van der Waals surface area (Å²) >= 11 is 0. The van der Waals surface area contributed by atoms with Crippen LogP contribution in [0.25, 0.3) is 0 Å². The van der Waals surface area contributed by atoms with Gasteiger partial charge in [0.1, 0.15) is 6.04 Å². The second-order valence-electron chi connectivity index (χ2n) is 12.0. The summed E-state index contributed by atoms with van der Waals surface area (Å²) in [7, 11) is 0. The molecule has 1 saturated carbocycles. The maximum absolute atomic E-state index is 13.4. The highest BCUT2D eigenvalue weighted by molar-refractivity contribution is 6.06. The van der Waals surface area contributed by atoms with Gasteiger partial charge in [-0.3, -0.25) is 34.1 Å². The number of nitrogens with zero attached hydrogens (tertiary/aromatic N) is 4. The number of rotatable bonds is 7. The number of hydrogen-bond acceptors (Lipinski definition) is 7. The van der Waals surface area contributed by atoms with Gasteiger partial charge in [-0.05, 0) is 49.8 Å². The number of anilines is 1. The van der Waals surface area contributed by atoms with Crippen molar-refractivity contribution in [2.45, 2.75) is 68.8 Å². The third-order valence-electron chi connectivity index (χ3n) is 9.39. The number of benzene rings is 2. The predicted molar refractivity (Wildman–Crippen MR) is 156 cm³/mol. The first kappa shape index (κ1) is 27.3. The molecule has 3 fully saturated rings. The van der Waals surface area contributed by atoms with Crippen molar-refractivity contribution in [3.05, 3.63) is 83.2 Å². The number of hydrogen-bond donors (Lipinski definition) is 3. The Morgan fingerprint density at radius 1 is 1.02 bits per heavy atom. The molecule has 0 spiro atoms. The van der Waals surface area contributed by atoms with E-state index < -0.39 is 24.1 Å². The van der Waals surface area contributed by atoms with E-state index in [2.05, 4.69) is 27.9 Å². The van der Waals surface area contributed by atoms with Crippen LogP contribution in [0.3, 0.4) is 0 Å². The lowest BCUT2D eigenvalue weighted by atomic mass is 9.93. The van der Waals surface area contributed by atoms with Gasteiger partial charge >= 0.3 is 0 Å². The Morgan fingerprint density at radius 2 is 1.79 bits per heavy atom. The zero-order valence-electron chi connectivity index (χ0n) is 23.7. The minimum absolute atomic E-state index is 0.113. The molecular weight excluding hydrogens is 548 g/mol. The third kappa shape index (κ3) is 4.77. The fourth-order valence-electron chi connectivity index (χ4n) is 6.84. The van der Waals surface area contributed by atoms with Crippen LogP contribution < -0.4 is 10.6 Å². The first-order valence-electron chi connectivity index (χ1n) is 14.9. The zero-order valence-corrected chi connectivity index (χ0v) is 23.7. The molecule has 4 amide bonds. The van der Waals surface area contributed by atoms with E-state index in [1.807, 2.05) is 34.0 Å². The van der Waals surface area contributed by atoms with Gasteiger partial charge in [0.2, 0.25) is 17.7 Å². The van der Waals surface area contributed by atoms with E-state index in [0.29, 0.717) is 36.4 Å². The minimum Gasteiger partial charge on any atom is -0.380 e. The quantitative estimate of drug-likeness (QED) is 0.364. The van der Waals surface area contributed by atoms with E-state index >= 15 is 0 Å². The second-order valence-corrected chi connectivity index (χ2v) is 12.0. The second kappa shape index (κ2) is 10.6. The van der Waals surface area contributed by atoms with Gasteiger partial charge in [-0.25, -0.2) is 0 Å². The Kier molecular flexibility index (Phi) is 6.76. The van der Waals surface area contributed by atoms with Crippen molar-refractivity contribution in [3.63, 3.8) is 0 Å². The monoisotopic (exact) mass is 582 g/mol. The summed E-state index contributed by atoms with van der Waals surface area (Å²) in [5.74, 6) is -1.14. The van der Waals surface area contributed by atoms with E-state index in [-0.39, 0.29) is 36.1 Å². The summed E-state index contributed by atoms with van der Waals surface area (Å²) in [6, 6.07) is 14.6. The van der Waals surface area contributed by atoms with E-state index in [9.17, 15) is 24.3 Å². The maximum Gasteiger partial charge on any atom is 0.257 e. The molecule has 2 aromatic carbocycles. The number of amides is 4. The topological polar surface area (TPSA) is 137 Å². The zero-order chi connectivity index (χ0) is 29.7. The van der Waals surface area contributed by atoms with Crippen LogP contribution in [0, 0.1) is 0 Å². The molecule has 3 aromatic rings. The van der Waals surface area contributed by atoms with Crippen molar-refractivity contribution in [3.8, 4) is 0 Å². The van der Waals surface area contributed by atoms with Crippen LogP contribution in [0.4, 0.5) is 5.69 Å². The molecule has 2 unspecified atom stereocenters. The van der Waals surface area contributed by atoms with Gasteiger partial charge in [0.05, 0.1) is 17.7 Å². The largest absolute Gasteiger partial charge is 0.380 e. The van der Waals surface area contributed by atoms with Crippen molar-refractivity contribution in [2.75, 3.05) is 18.4 Å². The molecule has 11 nitrogen and oxygen atoms in total. The van der Waals surface area contributed by atoms with Crippen LogP contribution in [0.2, 0.25) is 0 Å². The van der Waals surface area contributed by atoms with Crippen molar-refractivity contribution >= 4 is 29.3 Å². The average Bonchev–Trinajstić information content (AvgIpc) is 3.63. The Bertz CT molecular complexity index is 1590. The number of nitrogens with one attached hydrogen (secondary N) is 2. The summed E-state index contributed by atoms with van der Waals surface area (Å²) in [6.45, 7) is 1.83. The number of carbonyl (C=O) groups is 4. The molecule has 222 valence electrons. The molecule has 1 aliphatic carbocycles. The molecule has 4 aliphatic rings. The van der Waals surface area contributed by atoms with E-state index in [0.717, 1.165) is 41.7 Å². The van der Waals surface area contributed by atoms with Crippen molar-refractivity contribution in [1.82, 2.24) is 24.9 Å². The van der Waals surface area contributed by atoms with Crippen molar-refractivity contribution in [1.29, 1.82) is 0 Å². The standard InChI is InChI=1S/C32H34N6O5/c39-26-10-9-25(28(40)35-26)38-29(41)23-7-4-8-24(27(23)30(38)42)33-17-20-18-34-37(19-20)22-11-15-36(16-12-22)31(43)32(13-14-32)21-5-2-1-3-6-21/h1-8,18-19,22,25,30,33,42H,9-17H2,(H,35,39,40). The lowest BCUT2D eigenvalue weighted by Gasteiger charge is -2.34. The van der Waals surface area contributed by atoms with E-state index in [1.54, 1.807) is 24.4 Å². The van der Waals surface area contributed by atoms with Gasteiger partial charge in [0, 0.05) is 54.6 Å². The summed E-state index contributed by atoms with van der Waals surface area (Å²) in [5.41, 5.74) is 3.08. The molecule has 7 rings (SSSR count). The lowest BCUT2D eigenvalue weighted by molar-refractivity contribution is -0.139. The SMILES string of the molecule is O=C1CCC(N2C(=O)c3cccc(NCc4cnn(C5CCN(C(=O)C6(c7ccccc7)CC6)CC5)c4)c3C2O)C(=O)N1. The van der Waals surface area contributed by atoms with Gasteiger partial charge in [-0.15, -0.1) is 0 Å². The molecule has 2 saturated heterocycles. The minimum atomic E-state index is -1.30. The summed E-state index contributed by atoms with van der Waals surface area (Å²) in [6.07, 6.45) is 6.28. The summed E-state index contributed by atoms with van der Waals surface area (Å²) in [4.78, 5) is 53.8. The summed E-state index contributed by atoms with van der Waals surface area (Å²) in [5, 5.41) is 21.3. The Labute approximate surface area is 248 Å². The number of aromatic nitrogens is 2. The Morgan fingerprint density at radius 3 is 2.51 bits per heavy atom. The van der Waals surface area contributed by atoms with Gasteiger partial charge in [-0.2, -0.15) is 5.10 Å². The molecule has 43 heavy (non-hydrogen) atoms. The van der Waals surface area contributed by atoms with Crippen molar-refractivity contribution < 1.29 is 24.3 Å². The Hall–Kier alpha value is -4.51. The molecule has 3 aliphatic heterocycles. The number of likely N-dealkylation sites (tertiary alicyclic amines) is 1. The predicted octanol–water partition coefficient (Wildman–Crippen LogP) is 2.64. The third-order valence-corrected chi connectivity index (χ3v) is 9.39. The first-order chi connectivity index (χ1) is 20.9. The van der Waals surface area contributed by atoms with Crippen molar-refractivity contribution in [2.24, 2.45) is 0 Å². The highest BCUT2D eigenvalue weighted by Crippen LogP contribution is 2.50. The van der Waals surface area contributed by atoms with Gasteiger partial charge in [0.15, 0.2) is 6.23 Å².